The van der Waals surface area contributed by atoms with Crippen LogP contribution in [0.3, 0.4) is 0 Å². The molecule has 1 aromatic heterocycles. The molecular weight excluding hydrogens is 408 g/mol. The van der Waals surface area contributed by atoms with Gasteiger partial charge in [0.1, 0.15) is 19.3 Å². The summed E-state index contributed by atoms with van der Waals surface area (Å²) in [6, 6.07) is 11.2. The Morgan fingerprint density at radius 2 is 1.92 bits per heavy atom. The Balaban J connectivity index is 1.78. The molecule has 0 radical (unpaired) electrons. The van der Waals surface area contributed by atoms with E-state index >= 15 is 0 Å². The van der Waals surface area contributed by atoms with Crippen molar-refractivity contribution in [1.29, 1.82) is 0 Å². The van der Waals surface area contributed by atoms with E-state index in [2.05, 4.69) is 31.2 Å². The lowest BCUT2D eigenvalue weighted by Gasteiger charge is -2.13. The molecular formula is C17H14BrClN4O2. The van der Waals surface area contributed by atoms with Crippen molar-refractivity contribution in [3.63, 3.8) is 0 Å². The summed E-state index contributed by atoms with van der Waals surface area (Å²) in [5, 5.41) is 12.3. The largest absolute Gasteiger partial charge is 0.493 e. The van der Waals surface area contributed by atoms with Gasteiger partial charge >= 0.3 is 0 Å². The van der Waals surface area contributed by atoms with Gasteiger partial charge < -0.3 is 9.47 Å². The molecule has 0 N–H and O–H groups in total. The maximum absolute atomic E-state index is 5.91. The Bertz CT molecular complexity index is 867. The molecule has 0 saturated heterocycles. The first-order valence-corrected chi connectivity index (χ1v) is 8.46. The molecule has 3 rings (SSSR count). The van der Waals surface area contributed by atoms with Crippen LogP contribution >= 0.6 is 27.5 Å². The summed E-state index contributed by atoms with van der Waals surface area (Å²) in [6.07, 6.45) is 4.69. The van der Waals surface area contributed by atoms with Crippen molar-refractivity contribution < 1.29 is 9.47 Å². The Labute approximate surface area is 158 Å². The molecule has 0 saturated carbocycles. The monoisotopic (exact) mass is 420 g/mol. The predicted octanol–water partition coefficient (Wildman–Crippen LogP) is 4.16. The van der Waals surface area contributed by atoms with Gasteiger partial charge in [-0.1, -0.05) is 23.7 Å². The van der Waals surface area contributed by atoms with Crippen LogP contribution in [-0.4, -0.2) is 28.2 Å². The van der Waals surface area contributed by atoms with E-state index in [1.807, 2.05) is 36.4 Å². The molecule has 0 aliphatic rings. The van der Waals surface area contributed by atoms with E-state index < -0.39 is 0 Å². The molecule has 1 heterocycles. The van der Waals surface area contributed by atoms with Crippen molar-refractivity contribution in [1.82, 2.24) is 14.9 Å². The lowest BCUT2D eigenvalue weighted by molar-refractivity contribution is 0.282. The summed E-state index contributed by atoms with van der Waals surface area (Å²) in [5.74, 6) is 1.23. The number of hydrogen-bond acceptors (Lipinski definition) is 5. The predicted molar refractivity (Wildman–Crippen MR) is 99.5 cm³/mol. The van der Waals surface area contributed by atoms with Gasteiger partial charge in [-0.15, -0.1) is 10.2 Å². The molecule has 0 amide bonds. The van der Waals surface area contributed by atoms with Crippen molar-refractivity contribution in [3.05, 3.63) is 69.7 Å². The third-order valence-corrected chi connectivity index (χ3v) is 4.14. The van der Waals surface area contributed by atoms with Crippen LogP contribution in [0.5, 0.6) is 11.5 Å². The first kappa shape index (κ1) is 17.4. The zero-order valence-corrected chi connectivity index (χ0v) is 15.6. The minimum absolute atomic E-state index is 0.403. The van der Waals surface area contributed by atoms with Crippen molar-refractivity contribution in [2.75, 3.05) is 7.11 Å². The van der Waals surface area contributed by atoms with Crippen molar-refractivity contribution in [2.24, 2.45) is 5.10 Å². The van der Waals surface area contributed by atoms with E-state index in [1.54, 1.807) is 13.3 Å². The van der Waals surface area contributed by atoms with Crippen LogP contribution in [0.1, 0.15) is 11.1 Å². The van der Waals surface area contributed by atoms with Gasteiger partial charge in [-0.25, -0.2) is 4.68 Å². The SMILES string of the molecule is COc1cc(/C=N/n2cnnc2)cc(Br)c1OCc1ccc(Cl)cc1. The van der Waals surface area contributed by atoms with Gasteiger partial charge in [0.2, 0.25) is 0 Å². The molecule has 0 bridgehead atoms. The zero-order valence-electron chi connectivity index (χ0n) is 13.3. The Morgan fingerprint density at radius 1 is 1.20 bits per heavy atom. The van der Waals surface area contributed by atoms with Crippen LogP contribution in [-0.2, 0) is 6.61 Å². The molecule has 0 atom stereocenters. The minimum Gasteiger partial charge on any atom is -0.493 e. The molecule has 3 aromatic rings. The molecule has 0 fully saturated rings. The van der Waals surface area contributed by atoms with Gasteiger partial charge in [-0.2, -0.15) is 5.10 Å². The number of benzene rings is 2. The summed E-state index contributed by atoms with van der Waals surface area (Å²) < 4.78 is 13.6. The molecule has 0 aliphatic heterocycles. The second-order valence-corrected chi connectivity index (χ2v) is 6.33. The van der Waals surface area contributed by atoms with E-state index in [0.29, 0.717) is 23.1 Å². The maximum atomic E-state index is 5.91. The lowest BCUT2D eigenvalue weighted by atomic mass is 10.2. The van der Waals surface area contributed by atoms with Gasteiger partial charge in [0.15, 0.2) is 11.5 Å². The fourth-order valence-corrected chi connectivity index (χ4v) is 2.78. The van der Waals surface area contributed by atoms with Gasteiger partial charge in [-0.05, 0) is 51.3 Å². The molecule has 0 unspecified atom stereocenters. The number of nitrogens with zero attached hydrogens (tertiary/aromatic N) is 4. The van der Waals surface area contributed by atoms with E-state index in [9.17, 15) is 0 Å². The van der Waals surface area contributed by atoms with E-state index in [-0.39, 0.29) is 0 Å². The molecule has 8 heteroatoms. The maximum Gasteiger partial charge on any atom is 0.175 e. The fraction of sp³-hybridized carbons (Fsp3) is 0.118. The number of hydrogen-bond donors (Lipinski definition) is 0. The number of methoxy groups -OCH3 is 1. The topological polar surface area (TPSA) is 61.5 Å². The standard InChI is InChI=1S/C17H14BrClN4O2/c1-24-16-7-13(8-22-23-10-20-21-11-23)6-15(18)17(16)25-9-12-2-4-14(19)5-3-12/h2-8,10-11H,9H2,1H3/b22-8+. The van der Waals surface area contributed by atoms with Crippen molar-refractivity contribution in [3.8, 4) is 11.5 Å². The molecule has 0 aliphatic carbocycles. The smallest absolute Gasteiger partial charge is 0.175 e. The Hall–Kier alpha value is -2.38. The Morgan fingerprint density at radius 3 is 2.60 bits per heavy atom. The van der Waals surface area contributed by atoms with Gasteiger partial charge in [-0.3, -0.25) is 0 Å². The number of aromatic nitrogens is 3. The highest BCUT2D eigenvalue weighted by atomic mass is 79.9. The second-order valence-electron chi connectivity index (χ2n) is 5.04. The molecule has 2 aromatic carbocycles. The normalized spacial score (nSPS) is 11.0. The summed E-state index contributed by atoms with van der Waals surface area (Å²) in [4.78, 5) is 0. The van der Waals surface area contributed by atoms with Crippen LogP contribution in [0.2, 0.25) is 5.02 Å². The first-order chi connectivity index (χ1) is 12.2. The number of ether oxygens (including phenoxy) is 2. The average Bonchev–Trinajstić information content (AvgIpc) is 3.13. The molecule has 0 spiro atoms. The highest BCUT2D eigenvalue weighted by molar-refractivity contribution is 9.10. The zero-order chi connectivity index (χ0) is 17.6. The molecule has 6 nitrogen and oxygen atoms in total. The Kier molecular flexibility index (Phi) is 5.67. The van der Waals surface area contributed by atoms with Crippen molar-refractivity contribution in [2.45, 2.75) is 6.61 Å². The lowest BCUT2D eigenvalue weighted by Crippen LogP contribution is -2.00. The van der Waals surface area contributed by atoms with Gasteiger partial charge in [0, 0.05) is 5.02 Å². The van der Waals surface area contributed by atoms with Crippen LogP contribution < -0.4 is 9.47 Å². The van der Waals surface area contributed by atoms with E-state index in [4.69, 9.17) is 21.1 Å². The summed E-state index contributed by atoms with van der Waals surface area (Å²) in [5.41, 5.74) is 1.85. The quantitative estimate of drug-likeness (QED) is 0.561. The van der Waals surface area contributed by atoms with E-state index in [1.165, 1.54) is 17.3 Å². The van der Waals surface area contributed by atoms with Crippen LogP contribution in [0.4, 0.5) is 0 Å². The van der Waals surface area contributed by atoms with Crippen LogP contribution in [0.15, 0.2) is 58.6 Å². The number of rotatable bonds is 6. The highest BCUT2D eigenvalue weighted by Crippen LogP contribution is 2.36. The second kappa shape index (κ2) is 8.13. The molecule has 128 valence electrons. The summed E-state index contributed by atoms with van der Waals surface area (Å²) in [7, 11) is 1.59. The third kappa shape index (κ3) is 4.58. The number of halogens is 2. The average molecular weight is 422 g/mol. The van der Waals surface area contributed by atoms with Gasteiger partial charge in [0.05, 0.1) is 17.8 Å². The first-order valence-electron chi connectivity index (χ1n) is 7.29. The van der Waals surface area contributed by atoms with Gasteiger partial charge in [0.25, 0.3) is 0 Å². The van der Waals surface area contributed by atoms with E-state index in [0.717, 1.165) is 15.6 Å². The van der Waals surface area contributed by atoms with Crippen LogP contribution in [0.25, 0.3) is 0 Å². The highest BCUT2D eigenvalue weighted by Gasteiger charge is 2.11. The summed E-state index contributed by atoms with van der Waals surface area (Å²) in [6.45, 7) is 0.403. The summed E-state index contributed by atoms with van der Waals surface area (Å²) >= 11 is 9.42. The third-order valence-electron chi connectivity index (χ3n) is 3.29. The van der Waals surface area contributed by atoms with Crippen molar-refractivity contribution >= 4 is 33.7 Å². The minimum atomic E-state index is 0.403. The fourth-order valence-electron chi connectivity index (χ4n) is 2.08. The van der Waals surface area contributed by atoms with Crippen LogP contribution in [0, 0.1) is 0 Å². The molecule has 25 heavy (non-hydrogen) atoms.